The van der Waals surface area contributed by atoms with Gasteiger partial charge in [-0.3, -0.25) is 0 Å². The summed E-state index contributed by atoms with van der Waals surface area (Å²) < 4.78 is 3.59. The predicted molar refractivity (Wildman–Crippen MR) is 123 cm³/mol. The Bertz CT molecular complexity index is 1360. The van der Waals surface area contributed by atoms with E-state index in [0.717, 1.165) is 28.1 Å². The molecule has 0 spiro atoms. The number of benzene rings is 3. The summed E-state index contributed by atoms with van der Waals surface area (Å²) in [5.41, 5.74) is 5.84. The second kappa shape index (κ2) is 8.70. The zero-order valence-corrected chi connectivity index (χ0v) is 17.3. The number of hydrogen-bond acceptors (Lipinski definition) is 4. The van der Waals surface area contributed by atoms with Crippen molar-refractivity contribution in [1.29, 1.82) is 0 Å². The molecule has 0 aliphatic heterocycles. The average Bonchev–Trinajstić information content (AvgIpc) is 3.44. The zero-order valence-electron chi connectivity index (χ0n) is 17.3. The molecule has 2 aromatic heterocycles. The van der Waals surface area contributed by atoms with E-state index in [1.807, 2.05) is 83.5 Å². The van der Waals surface area contributed by atoms with Crippen molar-refractivity contribution in [2.45, 2.75) is 13.1 Å². The smallest absolute Gasteiger partial charge is 0.149 e. The van der Waals surface area contributed by atoms with Crippen LogP contribution >= 0.6 is 0 Å². The maximum atomic E-state index is 5.95. The lowest BCUT2D eigenvalue weighted by Crippen LogP contribution is -2.07. The third kappa shape index (κ3) is 3.80. The van der Waals surface area contributed by atoms with Gasteiger partial charge in [-0.15, -0.1) is 16.6 Å². The molecule has 0 fully saturated rings. The first kappa shape index (κ1) is 19.5. The van der Waals surface area contributed by atoms with Crippen LogP contribution in [0.2, 0.25) is 0 Å². The van der Waals surface area contributed by atoms with Crippen LogP contribution in [-0.4, -0.2) is 30.0 Å². The monoisotopic (exact) mass is 416 g/mol. The zero-order chi connectivity index (χ0) is 21.8. The number of hydrogen-bond donors (Lipinski definition) is 0. The number of nitrogens with zero attached hydrogens (tertiary/aromatic N) is 6. The van der Waals surface area contributed by atoms with Crippen molar-refractivity contribution in [3.05, 3.63) is 108 Å². The standard InChI is InChI=1S/C26H20N6/c1-2-23-25(28-29-31(23)18-20-12-6-3-7-13-20)26-24(22-16-10-5-11-17-22)27-30-32(26)19-21-14-8-4-9-15-21/h1,3-17H,18-19H2. The van der Waals surface area contributed by atoms with Gasteiger partial charge in [-0.2, -0.15) is 0 Å². The van der Waals surface area contributed by atoms with Crippen molar-refractivity contribution in [3.63, 3.8) is 0 Å². The Hall–Kier alpha value is -4.50. The fourth-order valence-electron chi connectivity index (χ4n) is 3.69. The third-order valence-electron chi connectivity index (χ3n) is 5.23. The Morgan fingerprint density at radius 3 is 1.72 bits per heavy atom. The predicted octanol–water partition coefficient (Wildman–Crippen LogP) is 4.28. The molecule has 5 aromatic rings. The van der Waals surface area contributed by atoms with Crippen LogP contribution in [0.3, 0.4) is 0 Å². The molecule has 0 radical (unpaired) electrons. The molecule has 0 aliphatic carbocycles. The molecule has 3 aromatic carbocycles. The van der Waals surface area contributed by atoms with E-state index in [1.165, 1.54) is 0 Å². The first-order valence-electron chi connectivity index (χ1n) is 10.3. The summed E-state index contributed by atoms with van der Waals surface area (Å²) in [5.74, 6) is 2.79. The molecule has 2 heterocycles. The molecule has 6 nitrogen and oxygen atoms in total. The minimum absolute atomic E-state index is 0.536. The fraction of sp³-hybridized carbons (Fsp3) is 0.0769. The highest BCUT2D eigenvalue weighted by atomic mass is 15.5. The summed E-state index contributed by atoms with van der Waals surface area (Å²) in [4.78, 5) is 0. The molecule has 0 saturated carbocycles. The first-order valence-corrected chi connectivity index (χ1v) is 10.3. The van der Waals surface area contributed by atoms with Gasteiger partial charge in [-0.1, -0.05) is 101 Å². The first-order chi connectivity index (χ1) is 15.8. The van der Waals surface area contributed by atoms with Crippen molar-refractivity contribution in [3.8, 4) is 35.0 Å². The van der Waals surface area contributed by atoms with E-state index < -0.39 is 0 Å². The Balaban J connectivity index is 1.63. The summed E-state index contributed by atoms with van der Waals surface area (Å²) >= 11 is 0. The molecular formula is C26H20N6. The van der Waals surface area contributed by atoms with Crippen molar-refractivity contribution in [2.24, 2.45) is 0 Å². The van der Waals surface area contributed by atoms with Gasteiger partial charge in [0.05, 0.1) is 13.1 Å². The number of rotatable bonds is 6. The fourth-order valence-corrected chi connectivity index (χ4v) is 3.69. The van der Waals surface area contributed by atoms with Gasteiger partial charge in [0.1, 0.15) is 22.8 Å². The van der Waals surface area contributed by atoms with Gasteiger partial charge in [0.25, 0.3) is 0 Å². The van der Waals surface area contributed by atoms with Crippen LogP contribution in [0.5, 0.6) is 0 Å². The van der Waals surface area contributed by atoms with Crippen molar-refractivity contribution < 1.29 is 0 Å². The van der Waals surface area contributed by atoms with Gasteiger partial charge in [-0.05, 0) is 17.0 Å². The maximum Gasteiger partial charge on any atom is 0.149 e. The average molecular weight is 416 g/mol. The highest BCUT2D eigenvalue weighted by Gasteiger charge is 2.24. The Labute approximate surface area is 186 Å². The quantitative estimate of drug-likeness (QED) is 0.388. The normalized spacial score (nSPS) is 10.7. The molecule has 5 rings (SSSR count). The van der Waals surface area contributed by atoms with Crippen LogP contribution in [0.25, 0.3) is 22.6 Å². The van der Waals surface area contributed by atoms with E-state index >= 15 is 0 Å². The van der Waals surface area contributed by atoms with Crippen molar-refractivity contribution in [2.75, 3.05) is 0 Å². The van der Waals surface area contributed by atoms with Crippen molar-refractivity contribution in [1.82, 2.24) is 30.0 Å². The molecule has 6 heteroatoms. The maximum absolute atomic E-state index is 5.95. The third-order valence-corrected chi connectivity index (χ3v) is 5.23. The highest BCUT2D eigenvalue weighted by Crippen LogP contribution is 2.31. The summed E-state index contributed by atoms with van der Waals surface area (Å²) in [6.45, 7) is 1.08. The number of aromatic nitrogens is 6. The second-order valence-electron chi connectivity index (χ2n) is 7.37. The minimum Gasteiger partial charge on any atom is -0.238 e. The van der Waals surface area contributed by atoms with Crippen LogP contribution in [0.15, 0.2) is 91.0 Å². The highest BCUT2D eigenvalue weighted by molar-refractivity contribution is 5.78. The van der Waals surface area contributed by atoms with Gasteiger partial charge < -0.3 is 0 Å². The molecule has 32 heavy (non-hydrogen) atoms. The van der Waals surface area contributed by atoms with Crippen LogP contribution in [0, 0.1) is 12.3 Å². The Morgan fingerprint density at radius 2 is 1.12 bits per heavy atom. The summed E-state index contributed by atoms with van der Waals surface area (Å²) in [6.07, 6.45) is 5.95. The lowest BCUT2D eigenvalue weighted by atomic mass is 10.1. The van der Waals surface area contributed by atoms with Gasteiger partial charge in [0, 0.05) is 5.56 Å². The summed E-state index contributed by atoms with van der Waals surface area (Å²) in [6, 6.07) is 30.1. The van der Waals surface area contributed by atoms with Gasteiger partial charge in [-0.25, -0.2) is 9.36 Å². The van der Waals surface area contributed by atoms with E-state index in [-0.39, 0.29) is 0 Å². The van der Waals surface area contributed by atoms with Crippen molar-refractivity contribution >= 4 is 0 Å². The summed E-state index contributed by atoms with van der Waals surface area (Å²) in [7, 11) is 0. The van der Waals surface area contributed by atoms with E-state index in [2.05, 4.69) is 38.7 Å². The van der Waals surface area contributed by atoms with Crippen LogP contribution < -0.4 is 0 Å². The molecule has 0 N–H and O–H groups in total. The lowest BCUT2D eigenvalue weighted by Gasteiger charge is -2.08. The SMILES string of the molecule is C#Cc1c(-c2c(-c3ccccc3)nnn2Cc2ccccc2)nnn1Cc1ccccc1. The number of terminal acetylenes is 1. The molecule has 0 bridgehead atoms. The van der Waals surface area contributed by atoms with E-state index in [4.69, 9.17) is 6.42 Å². The molecule has 154 valence electrons. The molecule has 0 atom stereocenters. The lowest BCUT2D eigenvalue weighted by molar-refractivity contribution is 0.643. The van der Waals surface area contributed by atoms with E-state index in [9.17, 15) is 0 Å². The van der Waals surface area contributed by atoms with E-state index in [1.54, 1.807) is 4.68 Å². The molecule has 0 saturated heterocycles. The molecule has 0 aliphatic rings. The largest absolute Gasteiger partial charge is 0.238 e. The Kier molecular flexibility index (Phi) is 5.29. The van der Waals surface area contributed by atoms with Gasteiger partial charge in [0.15, 0.2) is 0 Å². The Morgan fingerprint density at radius 1 is 0.625 bits per heavy atom. The molecule has 0 amide bonds. The second-order valence-corrected chi connectivity index (χ2v) is 7.37. The minimum atomic E-state index is 0.536. The van der Waals surface area contributed by atoms with Crippen LogP contribution in [0.1, 0.15) is 16.8 Å². The van der Waals surface area contributed by atoms with Crippen LogP contribution in [0.4, 0.5) is 0 Å². The van der Waals surface area contributed by atoms with Gasteiger partial charge >= 0.3 is 0 Å². The van der Waals surface area contributed by atoms with Gasteiger partial charge in [0.2, 0.25) is 0 Å². The molecule has 0 unspecified atom stereocenters. The summed E-state index contributed by atoms with van der Waals surface area (Å²) in [5, 5.41) is 17.8. The van der Waals surface area contributed by atoms with Crippen LogP contribution in [-0.2, 0) is 13.1 Å². The topological polar surface area (TPSA) is 61.4 Å². The van der Waals surface area contributed by atoms with E-state index in [0.29, 0.717) is 24.5 Å². The molecular weight excluding hydrogens is 396 g/mol.